The fourth-order valence-electron chi connectivity index (χ4n) is 3.64. The third-order valence-electron chi connectivity index (χ3n) is 5.40. The molecule has 0 radical (unpaired) electrons. The van der Waals surface area contributed by atoms with E-state index in [2.05, 4.69) is 19.8 Å². The molecule has 2 aromatic rings. The predicted octanol–water partition coefficient (Wildman–Crippen LogP) is 1.56. The van der Waals surface area contributed by atoms with Crippen LogP contribution in [-0.2, 0) is 24.8 Å². The fourth-order valence-corrected chi connectivity index (χ4v) is 5.89. The molecule has 1 unspecified atom stereocenters. The Morgan fingerprint density at radius 2 is 1.89 bits per heavy atom. The van der Waals surface area contributed by atoms with Gasteiger partial charge in [0.2, 0.25) is 20.0 Å². The number of hydrogen-bond donors (Lipinski definition) is 4. The van der Waals surface area contributed by atoms with Gasteiger partial charge in [-0.3, -0.25) is 19.3 Å². The summed E-state index contributed by atoms with van der Waals surface area (Å²) in [6.45, 7) is 4.63. The van der Waals surface area contributed by atoms with E-state index < -0.39 is 48.8 Å². The second-order valence-corrected chi connectivity index (χ2v) is 12.2. The van der Waals surface area contributed by atoms with Crippen molar-refractivity contribution in [2.24, 2.45) is 10.9 Å². The van der Waals surface area contributed by atoms with Crippen molar-refractivity contribution < 1.29 is 35.9 Å². The summed E-state index contributed by atoms with van der Waals surface area (Å²) in [6.07, 6.45) is 4.34. The Bertz CT molecular complexity index is 1440. The first kappa shape index (κ1) is 26.4. The Hall–Kier alpha value is -3.23. The molecule has 0 fully saturated rings. The molecule has 14 heteroatoms. The van der Waals surface area contributed by atoms with E-state index in [0.717, 1.165) is 12.3 Å². The van der Waals surface area contributed by atoms with Gasteiger partial charge < -0.3 is 14.8 Å². The standard InChI is InChI=1S/C21H26N4O8S2/c1-12(2)17(20(27)28)25-35(31,32)21(8-10-22-11-9-21)23-19(26)18-13(3)16-14(24-34(4,29)30)6-5-7-15(16)33-18/h5-8,10-12,17,24-25H,9H2,1-4H3,(H,23,26)(H,27,28)/t17-,21?/m1/s1. The van der Waals surface area contributed by atoms with Gasteiger partial charge in [-0.15, -0.1) is 0 Å². The summed E-state index contributed by atoms with van der Waals surface area (Å²) in [5, 5.41) is 12.2. The number of nitrogens with zero attached hydrogens (tertiary/aromatic N) is 1. The van der Waals surface area contributed by atoms with Crippen LogP contribution in [0.4, 0.5) is 5.69 Å². The van der Waals surface area contributed by atoms with E-state index in [1.54, 1.807) is 13.8 Å². The summed E-state index contributed by atoms with van der Waals surface area (Å²) in [5.41, 5.74) is 0.687. The van der Waals surface area contributed by atoms with Crippen LogP contribution >= 0.6 is 0 Å². The van der Waals surface area contributed by atoms with E-state index in [4.69, 9.17) is 4.42 Å². The normalized spacial score (nSPS) is 19.1. The molecular formula is C21H26N4O8S2. The Labute approximate surface area is 202 Å². The van der Waals surface area contributed by atoms with Gasteiger partial charge in [-0.1, -0.05) is 19.9 Å². The molecular weight excluding hydrogens is 500 g/mol. The van der Waals surface area contributed by atoms with E-state index in [9.17, 15) is 31.5 Å². The van der Waals surface area contributed by atoms with Crippen LogP contribution in [-0.4, -0.2) is 57.2 Å². The molecule has 2 heterocycles. The number of aliphatic imine (C=N–C) groups is 1. The molecule has 0 saturated carbocycles. The third-order valence-corrected chi connectivity index (χ3v) is 7.92. The monoisotopic (exact) mass is 526 g/mol. The zero-order chi connectivity index (χ0) is 26.2. The number of furan rings is 1. The predicted molar refractivity (Wildman–Crippen MR) is 130 cm³/mol. The van der Waals surface area contributed by atoms with Crippen LogP contribution in [0.3, 0.4) is 0 Å². The molecule has 1 aliphatic heterocycles. The van der Waals surface area contributed by atoms with E-state index in [-0.39, 0.29) is 29.0 Å². The number of sulfonamides is 2. The minimum absolute atomic E-state index is 0.195. The first-order valence-electron chi connectivity index (χ1n) is 10.4. The zero-order valence-corrected chi connectivity index (χ0v) is 21.0. The Balaban J connectivity index is 2.03. The number of carboxylic acids is 1. The van der Waals surface area contributed by atoms with E-state index in [1.165, 1.54) is 37.5 Å². The van der Waals surface area contributed by atoms with Crippen molar-refractivity contribution in [3.05, 3.63) is 41.8 Å². The lowest BCUT2D eigenvalue weighted by Gasteiger charge is -2.33. The molecule has 2 atom stereocenters. The smallest absolute Gasteiger partial charge is 0.321 e. The van der Waals surface area contributed by atoms with Gasteiger partial charge in [0.25, 0.3) is 5.91 Å². The highest BCUT2D eigenvalue weighted by Gasteiger charge is 2.46. The minimum Gasteiger partial charge on any atom is -0.480 e. The zero-order valence-electron chi connectivity index (χ0n) is 19.4. The Morgan fingerprint density at radius 1 is 1.20 bits per heavy atom. The summed E-state index contributed by atoms with van der Waals surface area (Å²) in [5.74, 6) is -3.06. The number of amides is 1. The third kappa shape index (κ3) is 5.39. The van der Waals surface area contributed by atoms with Gasteiger partial charge >= 0.3 is 5.97 Å². The Morgan fingerprint density at radius 3 is 2.43 bits per heavy atom. The van der Waals surface area contributed by atoms with Crippen LogP contribution in [0.1, 0.15) is 36.4 Å². The van der Waals surface area contributed by atoms with Gasteiger partial charge in [0.05, 0.1) is 11.9 Å². The van der Waals surface area contributed by atoms with Crippen molar-refractivity contribution in [3.8, 4) is 0 Å². The number of aliphatic carboxylic acids is 1. The lowest BCUT2D eigenvalue weighted by molar-refractivity contribution is -0.140. The average molecular weight is 527 g/mol. The number of benzene rings is 1. The summed E-state index contributed by atoms with van der Waals surface area (Å²) in [6, 6.07) is 3.14. The first-order chi connectivity index (χ1) is 16.2. The topological polar surface area (TPSA) is 184 Å². The van der Waals surface area contributed by atoms with Gasteiger partial charge in [-0.2, -0.15) is 4.72 Å². The van der Waals surface area contributed by atoms with Crippen LogP contribution < -0.4 is 14.8 Å². The number of rotatable bonds is 9. The Kier molecular flexibility index (Phi) is 7.11. The molecule has 1 amide bonds. The summed E-state index contributed by atoms with van der Waals surface area (Å²) < 4.78 is 60.4. The van der Waals surface area contributed by atoms with Crippen LogP contribution in [0, 0.1) is 12.8 Å². The molecule has 1 aromatic heterocycles. The summed E-state index contributed by atoms with van der Waals surface area (Å²) in [4.78, 5) is 26.7. The maximum absolute atomic E-state index is 13.4. The number of carboxylic acid groups (broad SMARTS) is 1. The van der Waals surface area contributed by atoms with Crippen LogP contribution in [0.2, 0.25) is 0 Å². The maximum atomic E-state index is 13.4. The molecule has 0 spiro atoms. The number of anilines is 1. The van der Waals surface area contributed by atoms with Crippen LogP contribution in [0.15, 0.2) is 39.9 Å². The summed E-state index contributed by atoms with van der Waals surface area (Å²) >= 11 is 0. The average Bonchev–Trinajstić information content (AvgIpc) is 3.09. The number of fused-ring (bicyclic) bond motifs is 1. The molecule has 12 nitrogen and oxygen atoms in total. The summed E-state index contributed by atoms with van der Waals surface area (Å²) in [7, 11) is -8.11. The fraction of sp³-hybridized carbons (Fsp3) is 0.381. The highest BCUT2D eigenvalue weighted by molar-refractivity contribution is 7.92. The van der Waals surface area contributed by atoms with Crippen molar-refractivity contribution in [3.63, 3.8) is 0 Å². The van der Waals surface area contributed by atoms with Crippen molar-refractivity contribution in [1.29, 1.82) is 0 Å². The molecule has 0 bridgehead atoms. The quantitative estimate of drug-likeness (QED) is 0.379. The van der Waals surface area contributed by atoms with Crippen molar-refractivity contribution in [2.75, 3.05) is 11.0 Å². The van der Waals surface area contributed by atoms with Gasteiger partial charge in [0.1, 0.15) is 11.6 Å². The molecule has 1 aromatic carbocycles. The van der Waals surface area contributed by atoms with Gasteiger partial charge in [0, 0.05) is 29.8 Å². The van der Waals surface area contributed by atoms with Gasteiger partial charge in [-0.25, -0.2) is 16.8 Å². The molecule has 3 rings (SSSR count). The number of carbonyl (C=O) groups is 2. The number of carbonyl (C=O) groups excluding carboxylic acids is 1. The highest BCUT2D eigenvalue weighted by atomic mass is 32.2. The van der Waals surface area contributed by atoms with Crippen molar-refractivity contribution in [1.82, 2.24) is 10.0 Å². The molecule has 35 heavy (non-hydrogen) atoms. The van der Waals surface area contributed by atoms with E-state index in [1.807, 2.05) is 0 Å². The van der Waals surface area contributed by atoms with Gasteiger partial charge in [-0.05, 0) is 31.1 Å². The van der Waals surface area contributed by atoms with Crippen LogP contribution in [0.25, 0.3) is 11.0 Å². The maximum Gasteiger partial charge on any atom is 0.321 e. The molecule has 0 aliphatic carbocycles. The number of nitrogens with one attached hydrogen (secondary N) is 3. The van der Waals surface area contributed by atoms with Crippen molar-refractivity contribution >= 4 is 54.8 Å². The van der Waals surface area contributed by atoms with Crippen LogP contribution in [0.5, 0.6) is 0 Å². The number of hydrogen-bond acceptors (Lipinski definition) is 8. The van der Waals surface area contributed by atoms with Gasteiger partial charge in [0.15, 0.2) is 10.6 Å². The molecule has 0 saturated heterocycles. The largest absolute Gasteiger partial charge is 0.480 e. The van der Waals surface area contributed by atoms with E-state index >= 15 is 0 Å². The molecule has 4 N–H and O–H groups in total. The van der Waals surface area contributed by atoms with Crippen molar-refractivity contribution in [2.45, 2.75) is 38.1 Å². The van der Waals surface area contributed by atoms with E-state index in [0.29, 0.717) is 5.39 Å². The number of aryl methyl sites for hydroxylation is 1. The highest BCUT2D eigenvalue weighted by Crippen LogP contribution is 2.33. The molecule has 1 aliphatic rings. The first-order valence-corrected chi connectivity index (χ1v) is 13.8. The lowest BCUT2D eigenvalue weighted by atomic mass is 10.1. The lowest BCUT2D eigenvalue weighted by Crippen LogP contribution is -2.60. The second kappa shape index (κ2) is 9.43. The SMILES string of the molecule is Cc1c(C(=O)NC2(S(=O)(=O)N[C@@H](C(=O)O)C(C)C)C=CN=CC2)oc2cccc(NS(C)(=O)=O)c12. The minimum atomic E-state index is -4.49. The molecule has 190 valence electrons. The second-order valence-electron chi connectivity index (χ2n) is 8.49.